The van der Waals surface area contributed by atoms with Gasteiger partial charge in [-0.1, -0.05) is 26.0 Å². The molecule has 1 heterocycles. The number of hydrogen-bond acceptors (Lipinski definition) is 4. The Balaban J connectivity index is 0.00000264. The number of benzene rings is 1. The van der Waals surface area contributed by atoms with Crippen LogP contribution in [0.4, 0.5) is 5.95 Å². The van der Waals surface area contributed by atoms with Crippen LogP contribution in [-0.2, 0) is 11.3 Å². The number of rotatable bonds is 8. The third-order valence-electron chi connectivity index (χ3n) is 3.81. The predicted molar refractivity (Wildman–Crippen MR) is 97.1 cm³/mol. The van der Waals surface area contributed by atoms with Crippen LogP contribution in [0.5, 0.6) is 0 Å². The molecule has 2 aromatic rings. The van der Waals surface area contributed by atoms with Crippen molar-refractivity contribution in [1.82, 2.24) is 14.5 Å². The minimum atomic E-state index is -0.0955. The lowest BCUT2D eigenvalue weighted by atomic mass is 10.3. The Morgan fingerprint density at radius 2 is 2.00 bits per heavy atom. The van der Waals surface area contributed by atoms with Crippen molar-refractivity contribution in [2.24, 2.45) is 5.73 Å². The Bertz CT molecular complexity index is 624. The number of hydrogen-bond donors (Lipinski definition) is 2. The Kier molecular flexibility index (Phi) is 8.02. The van der Waals surface area contributed by atoms with Gasteiger partial charge in [0.15, 0.2) is 0 Å². The summed E-state index contributed by atoms with van der Waals surface area (Å²) in [5.41, 5.74) is 7.37. The highest BCUT2D eigenvalue weighted by Crippen LogP contribution is 2.19. The lowest BCUT2D eigenvalue weighted by molar-refractivity contribution is -0.116. The number of fused-ring (bicyclic) bond motifs is 1. The maximum Gasteiger partial charge on any atom is 0.227 e. The number of nitrogens with zero attached hydrogens (tertiary/aromatic N) is 3. The molecule has 1 aromatic heterocycles. The minimum Gasteiger partial charge on any atom is -0.330 e. The number of imidazole rings is 1. The molecule has 0 unspecified atom stereocenters. The maximum absolute atomic E-state index is 11.8. The molecule has 0 saturated heterocycles. The zero-order valence-electron chi connectivity index (χ0n) is 13.8. The van der Waals surface area contributed by atoms with Crippen molar-refractivity contribution in [3.8, 4) is 0 Å². The summed E-state index contributed by atoms with van der Waals surface area (Å²) in [6, 6.07) is 7.93. The second-order valence-electron chi connectivity index (χ2n) is 5.19. The molecule has 3 N–H and O–H groups in total. The Hall–Kier alpha value is -1.63. The average molecular weight is 340 g/mol. The van der Waals surface area contributed by atoms with E-state index in [1.54, 1.807) is 0 Å². The van der Waals surface area contributed by atoms with Crippen LogP contribution < -0.4 is 11.1 Å². The van der Waals surface area contributed by atoms with Gasteiger partial charge in [0.1, 0.15) is 0 Å². The van der Waals surface area contributed by atoms with Gasteiger partial charge >= 0.3 is 0 Å². The number of carbonyl (C=O) groups is 1. The number of likely N-dealkylation sites (N-methyl/N-ethyl adjacent to an activating group) is 1. The first kappa shape index (κ1) is 19.4. The molecule has 0 aliphatic rings. The van der Waals surface area contributed by atoms with E-state index >= 15 is 0 Å². The standard InChI is InChI=1S/C16H25N5O.ClH/c1-3-20(4-2)11-12-21-14-8-6-5-7-13(14)18-16(21)19-15(22)9-10-17;/h5-8H,3-4,9-12,17H2,1-2H3,(H,18,19,22);1H. The SMILES string of the molecule is CCN(CC)CCn1c(NC(=O)CCN)nc2ccccc21.Cl. The minimum absolute atomic E-state index is 0. The molecular formula is C16H26ClN5O. The van der Waals surface area contributed by atoms with Gasteiger partial charge in [0.25, 0.3) is 0 Å². The molecule has 23 heavy (non-hydrogen) atoms. The molecule has 0 saturated carbocycles. The third-order valence-corrected chi connectivity index (χ3v) is 3.81. The van der Waals surface area contributed by atoms with E-state index in [2.05, 4.69) is 33.6 Å². The van der Waals surface area contributed by atoms with Crippen LogP contribution in [0.25, 0.3) is 11.0 Å². The Morgan fingerprint density at radius 1 is 1.30 bits per heavy atom. The molecule has 128 valence electrons. The van der Waals surface area contributed by atoms with Crippen molar-refractivity contribution in [2.45, 2.75) is 26.8 Å². The predicted octanol–water partition coefficient (Wildman–Crippen LogP) is 2.09. The fourth-order valence-electron chi connectivity index (χ4n) is 2.50. The summed E-state index contributed by atoms with van der Waals surface area (Å²) < 4.78 is 2.07. The number of para-hydroxylation sites is 2. The van der Waals surface area contributed by atoms with Crippen LogP contribution in [0.15, 0.2) is 24.3 Å². The van der Waals surface area contributed by atoms with Gasteiger partial charge in [0.05, 0.1) is 11.0 Å². The van der Waals surface area contributed by atoms with Crippen LogP contribution >= 0.6 is 12.4 Å². The topological polar surface area (TPSA) is 76.2 Å². The molecule has 0 radical (unpaired) electrons. The molecule has 1 amide bonds. The summed E-state index contributed by atoms with van der Waals surface area (Å²) in [5, 5.41) is 2.88. The molecule has 0 fully saturated rings. The number of carbonyl (C=O) groups excluding carboxylic acids is 1. The summed E-state index contributed by atoms with van der Waals surface area (Å²) in [5.74, 6) is 0.508. The number of nitrogens with one attached hydrogen (secondary N) is 1. The zero-order valence-corrected chi connectivity index (χ0v) is 14.6. The Morgan fingerprint density at radius 3 is 2.65 bits per heavy atom. The highest BCUT2D eigenvalue weighted by Gasteiger charge is 2.13. The van der Waals surface area contributed by atoms with Crippen LogP contribution in [0.3, 0.4) is 0 Å². The number of anilines is 1. The quantitative estimate of drug-likeness (QED) is 0.772. The van der Waals surface area contributed by atoms with E-state index in [-0.39, 0.29) is 18.3 Å². The van der Waals surface area contributed by atoms with Crippen LogP contribution in [0, 0.1) is 0 Å². The first-order valence-electron chi connectivity index (χ1n) is 7.87. The zero-order chi connectivity index (χ0) is 15.9. The lowest BCUT2D eigenvalue weighted by Crippen LogP contribution is -2.28. The molecule has 7 heteroatoms. The Labute approximate surface area is 143 Å². The first-order valence-corrected chi connectivity index (χ1v) is 7.87. The fourth-order valence-corrected chi connectivity index (χ4v) is 2.50. The number of aromatic nitrogens is 2. The monoisotopic (exact) mass is 339 g/mol. The van der Waals surface area contributed by atoms with Gasteiger partial charge in [-0.2, -0.15) is 0 Å². The maximum atomic E-state index is 11.8. The van der Waals surface area contributed by atoms with Crippen molar-refractivity contribution < 1.29 is 4.79 Å². The summed E-state index contributed by atoms with van der Waals surface area (Å²) in [6.07, 6.45) is 0.305. The third kappa shape index (κ3) is 4.92. The van der Waals surface area contributed by atoms with Gasteiger partial charge in [-0.25, -0.2) is 4.98 Å². The van der Waals surface area contributed by atoms with E-state index in [4.69, 9.17) is 5.73 Å². The molecule has 0 spiro atoms. The highest BCUT2D eigenvalue weighted by atomic mass is 35.5. The summed E-state index contributed by atoms with van der Waals surface area (Å²) in [7, 11) is 0. The van der Waals surface area contributed by atoms with Crippen LogP contribution in [0.2, 0.25) is 0 Å². The second-order valence-corrected chi connectivity index (χ2v) is 5.19. The van der Waals surface area contributed by atoms with Gasteiger partial charge in [-0.3, -0.25) is 10.1 Å². The molecule has 0 bridgehead atoms. The van der Waals surface area contributed by atoms with Gasteiger partial charge in [0, 0.05) is 26.1 Å². The number of nitrogens with two attached hydrogens (primary N) is 1. The molecule has 1 aromatic carbocycles. The smallest absolute Gasteiger partial charge is 0.227 e. The molecule has 0 aliphatic carbocycles. The van der Waals surface area contributed by atoms with Crippen molar-refractivity contribution in [1.29, 1.82) is 0 Å². The van der Waals surface area contributed by atoms with Crippen molar-refractivity contribution in [2.75, 3.05) is 31.5 Å². The normalized spacial score (nSPS) is 10.8. The molecule has 0 aliphatic heterocycles. The second kappa shape index (κ2) is 9.50. The van der Waals surface area contributed by atoms with E-state index in [0.29, 0.717) is 18.9 Å². The van der Waals surface area contributed by atoms with Crippen LogP contribution in [-0.4, -0.2) is 46.5 Å². The van der Waals surface area contributed by atoms with E-state index in [1.807, 2.05) is 24.3 Å². The van der Waals surface area contributed by atoms with Crippen molar-refractivity contribution in [3.05, 3.63) is 24.3 Å². The summed E-state index contributed by atoms with van der Waals surface area (Å²) in [6.45, 7) is 8.38. The molecule has 6 nitrogen and oxygen atoms in total. The summed E-state index contributed by atoms with van der Waals surface area (Å²) in [4.78, 5) is 18.7. The summed E-state index contributed by atoms with van der Waals surface area (Å²) >= 11 is 0. The lowest BCUT2D eigenvalue weighted by Gasteiger charge is -2.19. The van der Waals surface area contributed by atoms with E-state index in [0.717, 1.165) is 37.2 Å². The average Bonchev–Trinajstić information content (AvgIpc) is 2.86. The number of amides is 1. The highest BCUT2D eigenvalue weighted by molar-refractivity contribution is 5.91. The first-order chi connectivity index (χ1) is 10.7. The van der Waals surface area contributed by atoms with Gasteiger partial charge in [0.2, 0.25) is 11.9 Å². The van der Waals surface area contributed by atoms with E-state index in [9.17, 15) is 4.79 Å². The van der Waals surface area contributed by atoms with Gasteiger partial charge < -0.3 is 15.2 Å². The fraction of sp³-hybridized carbons (Fsp3) is 0.500. The largest absolute Gasteiger partial charge is 0.330 e. The molecular weight excluding hydrogens is 314 g/mol. The molecule has 0 atom stereocenters. The van der Waals surface area contributed by atoms with Crippen molar-refractivity contribution in [3.63, 3.8) is 0 Å². The van der Waals surface area contributed by atoms with Gasteiger partial charge in [-0.15, -0.1) is 12.4 Å². The van der Waals surface area contributed by atoms with Gasteiger partial charge in [-0.05, 0) is 25.2 Å². The van der Waals surface area contributed by atoms with E-state index < -0.39 is 0 Å². The van der Waals surface area contributed by atoms with Crippen LogP contribution in [0.1, 0.15) is 20.3 Å². The molecule has 2 rings (SSSR count). The van der Waals surface area contributed by atoms with E-state index in [1.165, 1.54) is 0 Å². The van der Waals surface area contributed by atoms with Crippen molar-refractivity contribution >= 4 is 35.3 Å². The number of halogens is 1.